The molecule has 2 fully saturated rings. The number of halogens is 1. The molecule has 6 rings (SSSR count). The molecule has 11 heteroatoms. The number of benzene rings is 2. The quantitative estimate of drug-likeness (QED) is 0.356. The zero-order valence-corrected chi connectivity index (χ0v) is 29.0. The first kappa shape index (κ1) is 34.1. The predicted octanol–water partition coefficient (Wildman–Crippen LogP) is 3.84. The number of cyclic esters (lactones) is 1. The number of ether oxygens (including phenoxy) is 2. The van der Waals surface area contributed by atoms with Crippen molar-refractivity contribution in [2.75, 3.05) is 19.7 Å². The highest BCUT2D eigenvalue weighted by Crippen LogP contribution is 2.59. The molecule has 1 spiro atoms. The number of fused-ring (bicyclic) bond motifs is 2. The van der Waals surface area contributed by atoms with Gasteiger partial charge < -0.3 is 29.7 Å². The van der Waals surface area contributed by atoms with E-state index < -0.39 is 65.8 Å². The fourth-order valence-corrected chi connectivity index (χ4v) is 8.24. The third-order valence-electron chi connectivity index (χ3n) is 9.77. The van der Waals surface area contributed by atoms with Crippen molar-refractivity contribution in [3.63, 3.8) is 0 Å². The summed E-state index contributed by atoms with van der Waals surface area (Å²) < 4.78 is 13.4. The van der Waals surface area contributed by atoms with Gasteiger partial charge in [0.2, 0.25) is 17.7 Å². The highest BCUT2D eigenvalue weighted by Gasteiger charge is 2.75. The topological polar surface area (TPSA) is 125 Å². The fraction of sp³-hybridized carbons (Fsp3) is 0.459. The van der Waals surface area contributed by atoms with E-state index >= 15 is 0 Å². The number of nitrogens with one attached hydrogen (secondary N) is 1. The maximum absolute atomic E-state index is 15.0. The second-order valence-corrected chi connectivity index (χ2v) is 14.8. The minimum absolute atomic E-state index is 0.0476. The van der Waals surface area contributed by atoms with Gasteiger partial charge in [0.25, 0.3) is 0 Å². The Morgan fingerprint density at radius 3 is 2.35 bits per heavy atom. The van der Waals surface area contributed by atoms with Crippen LogP contribution < -0.4 is 5.32 Å². The van der Waals surface area contributed by atoms with Gasteiger partial charge in [0.15, 0.2) is 0 Å². The summed E-state index contributed by atoms with van der Waals surface area (Å²) in [5, 5.41) is 13.7. The lowest BCUT2D eigenvalue weighted by molar-refractivity contribution is -0.161. The first-order valence-electron chi connectivity index (χ1n) is 16.5. The van der Waals surface area contributed by atoms with Gasteiger partial charge in [-0.15, -0.1) is 0 Å². The molecule has 2 aromatic carbocycles. The molecule has 10 nitrogen and oxygen atoms in total. The standard InChI is InChI=1S/C37H42BrN3O7/c1-36(2,3)40-18-12-6-11-17-28(43)39-21-27(24-15-9-5-10-16-24)47-35(46)29-30-33(44)41(25(22-42)19-23-13-7-4-8-14-23)32(34(40)45)37(30)20-26(38)31(29)48-37/h4-10,12-16,20,25,27,29-32,42H,11,17-19,21-22H2,1-3H3,(H,39,43)/b12-6-/t25-,27-,29-,30+,31-,32-,37+/m1/s1. The molecule has 5 bridgehead atoms. The van der Waals surface area contributed by atoms with Crippen molar-refractivity contribution in [2.24, 2.45) is 11.8 Å². The van der Waals surface area contributed by atoms with E-state index in [4.69, 9.17) is 9.47 Å². The highest BCUT2D eigenvalue weighted by molar-refractivity contribution is 9.11. The summed E-state index contributed by atoms with van der Waals surface area (Å²) in [7, 11) is 0. The maximum atomic E-state index is 15.0. The first-order chi connectivity index (χ1) is 23.0. The third kappa shape index (κ3) is 6.23. The van der Waals surface area contributed by atoms with Crippen molar-refractivity contribution < 1.29 is 33.8 Å². The van der Waals surface area contributed by atoms with E-state index in [1.807, 2.05) is 93.6 Å². The van der Waals surface area contributed by atoms with Crippen LogP contribution in [0.1, 0.15) is 50.8 Å². The molecule has 4 aliphatic rings. The zero-order chi connectivity index (χ0) is 34.2. The number of likely N-dealkylation sites (tertiary alicyclic amines) is 1. The van der Waals surface area contributed by atoms with Crippen molar-refractivity contribution in [3.05, 3.63) is 94.5 Å². The SMILES string of the molecule is CC(C)(C)N1C/C=C\CCC(=O)NC[C@H](c2ccccc2)OC(=O)[C@H]2[C@@H]3O[C@@]4(C=C3Br)[C@@H]2C(=O)N([C@@H](CO)Cc2ccccc2)[C@@H]4C1=O. The van der Waals surface area contributed by atoms with Gasteiger partial charge in [-0.1, -0.05) is 88.7 Å². The van der Waals surface area contributed by atoms with Gasteiger partial charge in [0.05, 0.1) is 25.1 Å². The summed E-state index contributed by atoms with van der Waals surface area (Å²) in [4.78, 5) is 60.0. The van der Waals surface area contributed by atoms with E-state index in [9.17, 15) is 24.3 Å². The molecule has 0 saturated carbocycles. The summed E-state index contributed by atoms with van der Waals surface area (Å²) in [6.45, 7) is 5.62. The lowest BCUT2D eigenvalue weighted by Gasteiger charge is -2.43. The number of amides is 3. The molecule has 0 aliphatic carbocycles. The molecule has 0 unspecified atom stereocenters. The largest absolute Gasteiger partial charge is 0.455 e. The van der Waals surface area contributed by atoms with Crippen molar-refractivity contribution >= 4 is 39.6 Å². The summed E-state index contributed by atoms with van der Waals surface area (Å²) >= 11 is 3.60. The number of carbonyl (C=O) groups is 4. The van der Waals surface area contributed by atoms with Crippen LogP contribution in [-0.2, 0) is 35.1 Å². The van der Waals surface area contributed by atoms with Crippen LogP contribution in [0.25, 0.3) is 0 Å². The Hall–Kier alpha value is -3.80. The van der Waals surface area contributed by atoms with Gasteiger partial charge in [0, 0.05) is 23.0 Å². The van der Waals surface area contributed by atoms with Crippen LogP contribution in [0.3, 0.4) is 0 Å². The smallest absolute Gasteiger partial charge is 0.313 e. The van der Waals surface area contributed by atoms with E-state index in [1.165, 1.54) is 4.90 Å². The summed E-state index contributed by atoms with van der Waals surface area (Å²) in [5.41, 5.74) is -0.573. The van der Waals surface area contributed by atoms with Crippen LogP contribution >= 0.6 is 15.9 Å². The van der Waals surface area contributed by atoms with Crippen molar-refractivity contribution in [1.82, 2.24) is 15.1 Å². The number of hydrogen-bond donors (Lipinski definition) is 2. The van der Waals surface area contributed by atoms with E-state index in [-0.39, 0.29) is 31.3 Å². The van der Waals surface area contributed by atoms with Crippen LogP contribution in [0.2, 0.25) is 0 Å². The van der Waals surface area contributed by atoms with Gasteiger partial charge in [0.1, 0.15) is 29.8 Å². The number of allylic oxidation sites excluding steroid dienone is 1. The molecule has 48 heavy (non-hydrogen) atoms. The summed E-state index contributed by atoms with van der Waals surface area (Å²) in [6.07, 6.45) is 4.79. The molecule has 0 radical (unpaired) electrons. The van der Waals surface area contributed by atoms with Gasteiger partial charge in [-0.3, -0.25) is 19.2 Å². The lowest BCUT2D eigenvalue weighted by Crippen LogP contribution is -2.61. The Kier molecular flexibility index (Phi) is 9.66. The molecule has 4 heterocycles. The molecule has 254 valence electrons. The molecular formula is C37H42BrN3O7. The molecule has 2 saturated heterocycles. The average molecular weight is 721 g/mol. The van der Waals surface area contributed by atoms with Crippen LogP contribution in [0, 0.1) is 11.8 Å². The molecule has 3 amide bonds. The molecule has 7 atom stereocenters. The van der Waals surface area contributed by atoms with Crippen molar-refractivity contribution in [3.8, 4) is 0 Å². The third-order valence-corrected chi connectivity index (χ3v) is 10.5. The Morgan fingerprint density at radius 2 is 1.69 bits per heavy atom. The minimum atomic E-state index is -1.48. The molecule has 4 aliphatic heterocycles. The van der Waals surface area contributed by atoms with E-state index in [2.05, 4.69) is 21.2 Å². The average Bonchev–Trinajstić information content (AvgIpc) is 3.66. The summed E-state index contributed by atoms with van der Waals surface area (Å²) in [6, 6.07) is 16.7. The monoisotopic (exact) mass is 719 g/mol. The zero-order valence-electron chi connectivity index (χ0n) is 27.4. The molecule has 2 aromatic rings. The second-order valence-electron chi connectivity index (χ2n) is 13.9. The van der Waals surface area contributed by atoms with E-state index in [1.54, 1.807) is 11.0 Å². The lowest BCUT2D eigenvalue weighted by atomic mass is 9.74. The Balaban J connectivity index is 1.47. The van der Waals surface area contributed by atoms with Crippen molar-refractivity contribution in [1.29, 1.82) is 0 Å². The van der Waals surface area contributed by atoms with E-state index in [0.717, 1.165) is 5.56 Å². The van der Waals surface area contributed by atoms with Crippen LogP contribution in [0.4, 0.5) is 0 Å². The number of aliphatic hydroxyl groups excluding tert-OH is 1. The van der Waals surface area contributed by atoms with Crippen molar-refractivity contribution in [2.45, 2.75) is 75.5 Å². The van der Waals surface area contributed by atoms with Crippen LogP contribution in [-0.4, -0.2) is 87.6 Å². The summed E-state index contributed by atoms with van der Waals surface area (Å²) in [5.74, 6) is -3.81. The first-order valence-corrected chi connectivity index (χ1v) is 17.3. The second kappa shape index (κ2) is 13.6. The van der Waals surface area contributed by atoms with Crippen LogP contribution in [0.5, 0.6) is 0 Å². The van der Waals surface area contributed by atoms with Gasteiger partial charge >= 0.3 is 5.97 Å². The van der Waals surface area contributed by atoms with Gasteiger partial charge in [-0.05, 0) is 50.8 Å². The number of esters is 1. The predicted molar refractivity (Wildman–Crippen MR) is 181 cm³/mol. The van der Waals surface area contributed by atoms with Crippen LogP contribution in [0.15, 0.2) is 83.4 Å². The number of nitrogens with zero attached hydrogens (tertiary/aromatic N) is 2. The Morgan fingerprint density at radius 1 is 1.00 bits per heavy atom. The molecular weight excluding hydrogens is 678 g/mol. The van der Waals surface area contributed by atoms with E-state index in [0.29, 0.717) is 22.9 Å². The normalized spacial score (nSPS) is 30.9. The highest BCUT2D eigenvalue weighted by atomic mass is 79.9. The Bertz CT molecular complexity index is 1610. The molecule has 0 aromatic heterocycles. The minimum Gasteiger partial charge on any atom is -0.455 e. The fourth-order valence-electron chi connectivity index (χ4n) is 7.50. The number of carbonyl (C=O) groups excluding carboxylic acids is 4. The number of aliphatic hydroxyl groups is 1. The Labute approximate surface area is 289 Å². The van der Waals surface area contributed by atoms with Gasteiger partial charge in [-0.25, -0.2) is 0 Å². The number of rotatable bonds is 5. The number of hydrogen-bond acceptors (Lipinski definition) is 7. The maximum Gasteiger partial charge on any atom is 0.313 e. The van der Waals surface area contributed by atoms with Gasteiger partial charge in [-0.2, -0.15) is 0 Å². The molecule has 2 N–H and O–H groups in total.